The van der Waals surface area contributed by atoms with E-state index in [4.69, 9.17) is 22.4 Å². The van der Waals surface area contributed by atoms with Crippen molar-refractivity contribution in [3.63, 3.8) is 0 Å². The zero-order chi connectivity index (χ0) is 8.43. The van der Waals surface area contributed by atoms with Crippen LogP contribution in [0, 0.1) is 0 Å². The normalized spacial score (nSPS) is 9.55. The Morgan fingerprint density at radius 1 is 1.73 bits per heavy atom. The van der Waals surface area contributed by atoms with Crippen molar-refractivity contribution in [2.75, 3.05) is 5.73 Å². The van der Waals surface area contributed by atoms with Crippen molar-refractivity contribution in [1.82, 2.24) is 4.98 Å². The third-order valence-corrected chi connectivity index (χ3v) is 1.34. The van der Waals surface area contributed by atoms with Gasteiger partial charge in [0.05, 0.1) is 5.69 Å². The molecule has 0 saturated carbocycles. The molecule has 0 aliphatic rings. The van der Waals surface area contributed by atoms with Crippen LogP contribution >= 0.6 is 11.6 Å². The maximum atomic E-state index is 10.4. The van der Waals surface area contributed by atoms with Gasteiger partial charge >= 0.3 is 5.97 Å². The number of nitrogens with zero attached hydrogens (tertiary/aromatic N) is 1. The van der Waals surface area contributed by atoms with Crippen LogP contribution in [-0.4, -0.2) is 16.1 Å². The number of carboxylic acid groups (broad SMARTS) is 1. The van der Waals surface area contributed by atoms with E-state index in [2.05, 4.69) is 4.98 Å². The minimum atomic E-state index is -1.10. The molecular formula is C6H5ClN2O2. The molecule has 0 bridgehead atoms. The molecule has 0 aromatic carbocycles. The summed E-state index contributed by atoms with van der Waals surface area (Å²) in [7, 11) is 0. The fraction of sp³-hybridized carbons (Fsp3) is 0. The first-order valence-electron chi connectivity index (χ1n) is 2.75. The zero-order valence-electron chi connectivity index (χ0n) is 5.41. The van der Waals surface area contributed by atoms with Crippen LogP contribution in [0.3, 0.4) is 0 Å². The molecule has 1 aromatic rings. The smallest absolute Gasteiger partial charge is 0.339 e. The second kappa shape index (κ2) is 2.75. The van der Waals surface area contributed by atoms with Crippen LogP contribution < -0.4 is 5.73 Å². The number of hydrogen-bond acceptors (Lipinski definition) is 3. The summed E-state index contributed by atoms with van der Waals surface area (Å²) in [5.74, 6) is -1.10. The lowest BCUT2D eigenvalue weighted by atomic mass is 10.2. The first-order chi connectivity index (χ1) is 5.11. The Bertz CT molecular complexity index is 301. The van der Waals surface area contributed by atoms with E-state index in [0.29, 0.717) is 0 Å². The van der Waals surface area contributed by atoms with Crippen LogP contribution in [-0.2, 0) is 0 Å². The first-order valence-corrected chi connectivity index (χ1v) is 3.13. The maximum Gasteiger partial charge on any atom is 0.339 e. The van der Waals surface area contributed by atoms with E-state index >= 15 is 0 Å². The summed E-state index contributed by atoms with van der Waals surface area (Å²) in [5.41, 5.74) is 5.41. The van der Waals surface area contributed by atoms with Crippen LogP contribution in [0.15, 0.2) is 12.3 Å². The van der Waals surface area contributed by atoms with E-state index in [0.717, 1.165) is 6.20 Å². The maximum absolute atomic E-state index is 10.4. The summed E-state index contributed by atoms with van der Waals surface area (Å²) >= 11 is 5.44. The SMILES string of the molecule is Nc1cc(Cl)ncc1C(=O)O. The average Bonchev–Trinajstić information content (AvgIpc) is 1.85. The molecule has 0 aliphatic carbocycles. The van der Waals surface area contributed by atoms with E-state index in [1.54, 1.807) is 0 Å². The van der Waals surface area contributed by atoms with Gasteiger partial charge in [0.1, 0.15) is 10.7 Å². The molecule has 0 spiro atoms. The zero-order valence-corrected chi connectivity index (χ0v) is 6.17. The number of nitrogens with two attached hydrogens (primary N) is 1. The largest absolute Gasteiger partial charge is 0.478 e. The van der Waals surface area contributed by atoms with Gasteiger partial charge < -0.3 is 10.8 Å². The summed E-state index contributed by atoms with van der Waals surface area (Å²) < 4.78 is 0. The molecule has 0 radical (unpaired) electrons. The van der Waals surface area contributed by atoms with Gasteiger partial charge in [-0.05, 0) is 6.07 Å². The minimum absolute atomic E-state index is 0.0330. The highest BCUT2D eigenvalue weighted by Crippen LogP contribution is 2.14. The number of nitrogen functional groups attached to an aromatic ring is 1. The Morgan fingerprint density at radius 3 is 2.82 bits per heavy atom. The van der Waals surface area contributed by atoms with Crippen molar-refractivity contribution in [2.45, 2.75) is 0 Å². The summed E-state index contributed by atoms with van der Waals surface area (Å²) in [4.78, 5) is 13.9. The number of hydrogen-bond donors (Lipinski definition) is 2. The summed E-state index contributed by atoms with van der Waals surface area (Å²) in [6, 6.07) is 1.30. The van der Waals surface area contributed by atoms with Gasteiger partial charge in [-0.1, -0.05) is 11.6 Å². The molecule has 4 nitrogen and oxygen atoms in total. The van der Waals surface area contributed by atoms with Crippen molar-refractivity contribution < 1.29 is 9.90 Å². The number of aromatic carboxylic acids is 1. The third kappa shape index (κ3) is 1.59. The quantitative estimate of drug-likeness (QED) is 0.620. The van der Waals surface area contributed by atoms with Crippen LogP contribution in [0.5, 0.6) is 0 Å². The molecular weight excluding hydrogens is 168 g/mol. The Kier molecular flexibility index (Phi) is 1.96. The standard InChI is InChI=1S/C6H5ClN2O2/c7-5-1-4(8)3(2-9-5)6(10)11/h1-2H,(H2,8,9)(H,10,11). The Hall–Kier alpha value is -1.29. The highest BCUT2D eigenvalue weighted by molar-refractivity contribution is 6.29. The predicted octanol–water partition coefficient (Wildman–Crippen LogP) is 1.02. The van der Waals surface area contributed by atoms with E-state index in [9.17, 15) is 4.79 Å². The number of halogens is 1. The van der Waals surface area contributed by atoms with E-state index in [1.165, 1.54) is 6.07 Å². The van der Waals surface area contributed by atoms with E-state index < -0.39 is 5.97 Å². The van der Waals surface area contributed by atoms with Gasteiger partial charge in [-0.15, -0.1) is 0 Å². The van der Waals surface area contributed by atoms with Crippen molar-refractivity contribution >= 4 is 23.3 Å². The van der Waals surface area contributed by atoms with Gasteiger partial charge in [0.25, 0.3) is 0 Å². The number of aromatic nitrogens is 1. The monoisotopic (exact) mass is 172 g/mol. The molecule has 58 valence electrons. The molecule has 0 atom stereocenters. The molecule has 0 aliphatic heterocycles. The number of pyridine rings is 1. The summed E-state index contributed by atoms with van der Waals surface area (Å²) in [6.07, 6.45) is 1.12. The second-order valence-electron chi connectivity index (χ2n) is 1.90. The molecule has 0 unspecified atom stereocenters. The predicted molar refractivity (Wildman–Crippen MR) is 40.6 cm³/mol. The molecule has 1 aromatic heterocycles. The van der Waals surface area contributed by atoms with Gasteiger partial charge in [0.2, 0.25) is 0 Å². The minimum Gasteiger partial charge on any atom is -0.478 e. The van der Waals surface area contributed by atoms with Crippen LogP contribution in [0.4, 0.5) is 5.69 Å². The first kappa shape index (κ1) is 7.81. The van der Waals surface area contributed by atoms with Gasteiger partial charge in [-0.3, -0.25) is 0 Å². The fourth-order valence-corrected chi connectivity index (χ4v) is 0.789. The second-order valence-corrected chi connectivity index (χ2v) is 2.29. The molecule has 0 amide bonds. The highest BCUT2D eigenvalue weighted by Gasteiger charge is 2.07. The van der Waals surface area contributed by atoms with Crippen LogP contribution in [0.1, 0.15) is 10.4 Å². The van der Waals surface area contributed by atoms with E-state index in [-0.39, 0.29) is 16.4 Å². The van der Waals surface area contributed by atoms with Crippen LogP contribution in [0.2, 0.25) is 5.15 Å². The fourth-order valence-electron chi connectivity index (χ4n) is 0.623. The van der Waals surface area contributed by atoms with Gasteiger partial charge in [0, 0.05) is 6.20 Å². The Morgan fingerprint density at radius 2 is 2.36 bits per heavy atom. The van der Waals surface area contributed by atoms with E-state index in [1.807, 2.05) is 0 Å². The lowest BCUT2D eigenvalue weighted by Crippen LogP contribution is -2.02. The van der Waals surface area contributed by atoms with Crippen molar-refractivity contribution in [1.29, 1.82) is 0 Å². The highest BCUT2D eigenvalue weighted by atomic mass is 35.5. The van der Waals surface area contributed by atoms with Gasteiger partial charge in [-0.2, -0.15) is 0 Å². The lowest BCUT2D eigenvalue weighted by molar-refractivity contribution is 0.0697. The molecule has 0 saturated heterocycles. The number of carboxylic acids is 1. The molecule has 1 heterocycles. The molecule has 3 N–H and O–H groups in total. The topological polar surface area (TPSA) is 76.2 Å². The molecule has 1 rings (SSSR count). The third-order valence-electron chi connectivity index (χ3n) is 1.13. The van der Waals surface area contributed by atoms with Crippen molar-refractivity contribution in [3.8, 4) is 0 Å². The number of anilines is 1. The van der Waals surface area contributed by atoms with Gasteiger partial charge in [0.15, 0.2) is 0 Å². The summed E-state index contributed by atoms with van der Waals surface area (Å²) in [5, 5.41) is 8.68. The Labute approximate surface area is 67.6 Å². The van der Waals surface area contributed by atoms with Gasteiger partial charge in [-0.25, -0.2) is 9.78 Å². The Balaban J connectivity index is 3.20. The molecule has 11 heavy (non-hydrogen) atoms. The summed E-state index contributed by atoms with van der Waals surface area (Å²) in [6.45, 7) is 0. The van der Waals surface area contributed by atoms with Crippen molar-refractivity contribution in [3.05, 3.63) is 23.0 Å². The number of rotatable bonds is 1. The van der Waals surface area contributed by atoms with Crippen LogP contribution in [0.25, 0.3) is 0 Å². The van der Waals surface area contributed by atoms with Crippen molar-refractivity contribution in [2.24, 2.45) is 0 Å². The molecule has 0 fully saturated rings. The molecule has 5 heteroatoms. The lowest BCUT2D eigenvalue weighted by Gasteiger charge is -1.98. The average molecular weight is 173 g/mol. The number of carbonyl (C=O) groups is 1.